The molecule has 0 amide bonds. The molecule has 78 valence electrons. The zero-order chi connectivity index (χ0) is 10.8. The summed E-state index contributed by atoms with van der Waals surface area (Å²) >= 11 is 0. The number of hydrogen-bond donors (Lipinski definition) is 1. The smallest absolute Gasteiger partial charge is 0.0995 e. The summed E-state index contributed by atoms with van der Waals surface area (Å²) in [5.41, 5.74) is 8.73. The van der Waals surface area contributed by atoms with Crippen molar-refractivity contribution in [2.75, 3.05) is 0 Å². The number of aryl methyl sites for hydroxylation is 1. The lowest BCUT2D eigenvalue weighted by atomic mass is 10.2. The van der Waals surface area contributed by atoms with Crippen LogP contribution in [-0.2, 0) is 0 Å². The maximum Gasteiger partial charge on any atom is 0.0995 e. The van der Waals surface area contributed by atoms with Crippen LogP contribution in [-0.4, -0.2) is 15.0 Å². The van der Waals surface area contributed by atoms with Gasteiger partial charge < -0.3 is 5.73 Å². The topological polar surface area (TPSA) is 56.7 Å². The number of rotatable bonds is 2. The summed E-state index contributed by atoms with van der Waals surface area (Å²) < 4.78 is 1.74. The highest BCUT2D eigenvalue weighted by atomic mass is 15.4. The average Bonchev–Trinajstić information content (AvgIpc) is 2.66. The Balaban J connectivity index is 2.37. The molecule has 4 nitrogen and oxygen atoms in total. The molecule has 1 atom stereocenters. The molecule has 4 heteroatoms. The highest BCUT2D eigenvalue weighted by Crippen LogP contribution is 2.11. The molecule has 15 heavy (non-hydrogen) atoms. The van der Waals surface area contributed by atoms with Crippen molar-refractivity contribution in [2.45, 2.75) is 19.9 Å². The first-order chi connectivity index (χ1) is 7.16. The van der Waals surface area contributed by atoms with Crippen LogP contribution in [0.1, 0.15) is 24.2 Å². The van der Waals surface area contributed by atoms with E-state index in [1.807, 2.05) is 38.2 Å². The Morgan fingerprint density at radius 2 is 2.20 bits per heavy atom. The van der Waals surface area contributed by atoms with Gasteiger partial charge in [-0.1, -0.05) is 17.3 Å². The van der Waals surface area contributed by atoms with Crippen molar-refractivity contribution in [2.24, 2.45) is 5.73 Å². The molecule has 2 N–H and O–H groups in total. The average molecular weight is 202 g/mol. The van der Waals surface area contributed by atoms with E-state index in [1.54, 1.807) is 4.68 Å². The summed E-state index contributed by atoms with van der Waals surface area (Å²) in [7, 11) is 0. The van der Waals surface area contributed by atoms with Crippen molar-refractivity contribution >= 4 is 0 Å². The molecule has 0 bridgehead atoms. The minimum atomic E-state index is -0.0800. The van der Waals surface area contributed by atoms with Crippen LogP contribution in [0.25, 0.3) is 5.69 Å². The molecule has 1 aromatic carbocycles. The molecule has 2 rings (SSSR count). The summed E-state index contributed by atoms with van der Waals surface area (Å²) in [6, 6.07) is 8.01. The normalized spacial score (nSPS) is 12.7. The molecule has 0 aliphatic carbocycles. The summed E-state index contributed by atoms with van der Waals surface area (Å²) in [4.78, 5) is 0. The van der Waals surface area contributed by atoms with E-state index < -0.39 is 0 Å². The van der Waals surface area contributed by atoms with Gasteiger partial charge in [-0.2, -0.15) is 0 Å². The van der Waals surface area contributed by atoms with Crippen LogP contribution >= 0.6 is 0 Å². The predicted molar refractivity (Wildman–Crippen MR) is 58.7 cm³/mol. The van der Waals surface area contributed by atoms with Gasteiger partial charge in [0.05, 0.1) is 17.6 Å². The van der Waals surface area contributed by atoms with Crippen LogP contribution in [0.5, 0.6) is 0 Å². The molecule has 1 heterocycles. The fourth-order valence-corrected chi connectivity index (χ4v) is 1.38. The van der Waals surface area contributed by atoms with Crippen molar-refractivity contribution in [3.63, 3.8) is 0 Å². The highest BCUT2D eigenvalue weighted by molar-refractivity contribution is 5.34. The monoisotopic (exact) mass is 202 g/mol. The van der Waals surface area contributed by atoms with Crippen LogP contribution < -0.4 is 5.73 Å². The number of nitrogens with zero attached hydrogens (tertiary/aromatic N) is 3. The quantitative estimate of drug-likeness (QED) is 0.804. The minimum absolute atomic E-state index is 0.0800. The molecule has 1 unspecified atom stereocenters. The fraction of sp³-hybridized carbons (Fsp3) is 0.273. The van der Waals surface area contributed by atoms with Gasteiger partial charge >= 0.3 is 0 Å². The number of nitrogens with two attached hydrogens (primary N) is 1. The first-order valence-corrected chi connectivity index (χ1v) is 4.91. The molecule has 2 aromatic rings. The summed E-state index contributed by atoms with van der Waals surface area (Å²) in [5.74, 6) is 0. The van der Waals surface area contributed by atoms with Crippen molar-refractivity contribution in [3.05, 3.63) is 41.7 Å². The van der Waals surface area contributed by atoms with Crippen LogP contribution in [0, 0.1) is 6.92 Å². The minimum Gasteiger partial charge on any atom is -0.323 e. The van der Waals surface area contributed by atoms with Gasteiger partial charge in [-0.3, -0.25) is 0 Å². The Bertz CT molecular complexity index is 459. The van der Waals surface area contributed by atoms with Crippen LogP contribution in [0.4, 0.5) is 0 Å². The Labute approximate surface area is 88.7 Å². The lowest BCUT2D eigenvalue weighted by molar-refractivity contribution is 0.756. The van der Waals surface area contributed by atoms with Gasteiger partial charge in [0.15, 0.2) is 0 Å². The van der Waals surface area contributed by atoms with Gasteiger partial charge in [-0.25, -0.2) is 4.68 Å². The zero-order valence-electron chi connectivity index (χ0n) is 8.88. The molecule has 0 aliphatic heterocycles. The number of hydrogen-bond acceptors (Lipinski definition) is 3. The van der Waals surface area contributed by atoms with E-state index in [0.29, 0.717) is 0 Å². The number of aromatic nitrogens is 3. The SMILES string of the molecule is Cc1cccc(-n2cc(C(C)N)nn2)c1. The van der Waals surface area contributed by atoms with E-state index in [0.717, 1.165) is 11.4 Å². The second-order valence-electron chi connectivity index (χ2n) is 3.72. The Hall–Kier alpha value is -1.68. The third kappa shape index (κ3) is 2.05. The molecule has 0 spiro atoms. The maximum atomic E-state index is 5.72. The van der Waals surface area contributed by atoms with Gasteiger partial charge in [0, 0.05) is 6.04 Å². The lowest BCUT2D eigenvalue weighted by Gasteiger charge is -2.00. The van der Waals surface area contributed by atoms with Gasteiger partial charge in [-0.15, -0.1) is 5.10 Å². The third-order valence-corrected chi connectivity index (χ3v) is 2.24. The van der Waals surface area contributed by atoms with Gasteiger partial charge in [0.1, 0.15) is 0 Å². The van der Waals surface area contributed by atoms with Crippen molar-refractivity contribution in [3.8, 4) is 5.69 Å². The van der Waals surface area contributed by atoms with Crippen molar-refractivity contribution < 1.29 is 0 Å². The Kier molecular flexibility index (Phi) is 2.51. The predicted octanol–water partition coefficient (Wildman–Crippen LogP) is 1.60. The van der Waals surface area contributed by atoms with Gasteiger partial charge in [-0.05, 0) is 31.5 Å². The van der Waals surface area contributed by atoms with E-state index in [2.05, 4.69) is 16.4 Å². The molecular weight excluding hydrogens is 188 g/mol. The summed E-state index contributed by atoms with van der Waals surface area (Å²) in [6.45, 7) is 3.94. The second-order valence-corrected chi connectivity index (χ2v) is 3.72. The second kappa shape index (κ2) is 3.82. The Morgan fingerprint density at radius 1 is 1.40 bits per heavy atom. The fourth-order valence-electron chi connectivity index (χ4n) is 1.38. The molecule has 0 fully saturated rings. The molecular formula is C11H14N4. The summed E-state index contributed by atoms with van der Waals surface area (Å²) in [6.07, 6.45) is 1.86. The highest BCUT2D eigenvalue weighted by Gasteiger charge is 2.05. The first kappa shape index (κ1) is 9.86. The third-order valence-electron chi connectivity index (χ3n) is 2.24. The standard InChI is InChI=1S/C11H14N4/c1-8-4-3-5-10(6-8)15-7-11(9(2)12)13-14-15/h3-7,9H,12H2,1-2H3. The maximum absolute atomic E-state index is 5.72. The molecule has 0 saturated carbocycles. The van der Waals surface area contributed by atoms with Crippen LogP contribution in [0.15, 0.2) is 30.5 Å². The van der Waals surface area contributed by atoms with Crippen molar-refractivity contribution in [1.29, 1.82) is 0 Å². The largest absolute Gasteiger partial charge is 0.323 e. The van der Waals surface area contributed by atoms with Crippen LogP contribution in [0.2, 0.25) is 0 Å². The van der Waals surface area contributed by atoms with E-state index in [1.165, 1.54) is 5.56 Å². The zero-order valence-corrected chi connectivity index (χ0v) is 8.88. The Morgan fingerprint density at radius 3 is 2.80 bits per heavy atom. The number of benzene rings is 1. The lowest BCUT2D eigenvalue weighted by Crippen LogP contribution is -2.04. The van der Waals surface area contributed by atoms with E-state index in [-0.39, 0.29) is 6.04 Å². The molecule has 1 aromatic heterocycles. The van der Waals surface area contributed by atoms with Crippen LogP contribution in [0.3, 0.4) is 0 Å². The van der Waals surface area contributed by atoms with Gasteiger partial charge in [0.2, 0.25) is 0 Å². The summed E-state index contributed by atoms with van der Waals surface area (Å²) in [5, 5.41) is 8.05. The van der Waals surface area contributed by atoms with E-state index >= 15 is 0 Å². The van der Waals surface area contributed by atoms with Gasteiger partial charge in [0.25, 0.3) is 0 Å². The molecule has 0 radical (unpaired) electrons. The van der Waals surface area contributed by atoms with E-state index in [4.69, 9.17) is 5.73 Å². The first-order valence-electron chi connectivity index (χ1n) is 4.91. The van der Waals surface area contributed by atoms with Crippen molar-refractivity contribution in [1.82, 2.24) is 15.0 Å². The van der Waals surface area contributed by atoms with E-state index in [9.17, 15) is 0 Å². The molecule has 0 aliphatic rings. The molecule has 0 saturated heterocycles.